The van der Waals surface area contributed by atoms with Crippen LogP contribution in [0.15, 0.2) is 0 Å². The molecule has 1 heterocycles. The smallest absolute Gasteiger partial charge is 0.0240 e. The highest BCUT2D eigenvalue weighted by atomic mass is 15.2. The Labute approximate surface area is 94.4 Å². The zero-order valence-corrected chi connectivity index (χ0v) is 10.7. The van der Waals surface area contributed by atoms with Gasteiger partial charge in [0.05, 0.1) is 0 Å². The third-order valence-electron chi connectivity index (χ3n) is 4.33. The fraction of sp³-hybridized carbons (Fsp3) is 1.00. The van der Waals surface area contributed by atoms with Crippen LogP contribution in [0.1, 0.15) is 40.0 Å². The summed E-state index contributed by atoms with van der Waals surface area (Å²) in [6.07, 6.45) is 4.41. The summed E-state index contributed by atoms with van der Waals surface area (Å²) in [5.74, 6) is 1.02. The quantitative estimate of drug-likeness (QED) is 0.767. The average molecular weight is 210 g/mol. The topological polar surface area (TPSA) is 15.3 Å². The zero-order chi connectivity index (χ0) is 11.1. The van der Waals surface area contributed by atoms with Crippen molar-refractivity contribution in [3.8, 4) is 0 Å². The molecule has 1 saturated heterocycles. The summed E-state index contributed by atoms with van der Waals surface area (Å²) in [6, 6.07) is 1.53. The lowest BCUT2D eigenvalue weighted by molar-refractivity contribution is 0.148. The first-order valence-electron chi connectivity index (χ1n) is 6.42. The van der Waals surface area contributed by atoms with E-state index in [1.807, 2.05) is 0 Å². The number of likely N-dealkylation sites (N-methyl/N-ethyl adjacent to an activating group) is 1. The summed E-state index contributed by atoms with van der Waals surface area (Å²) in [5, 5.41) is 3.49. The van der Waals surface area contributed by atoms with Gasteiger partial charge in [0, 0.05) is 25.2 Å². The SMILES string of the molecule is CNC(CN1CC2CCC1C2)C(C)(C)C. The molecule has 15 heavy (non-hydrogen) atoms. The Morgan fingerprint density at radius 1 is 1.33 bits per heavy atom. The van der Waals surface area contributed by atoms with Crippen molar-refractivity contribution in [2.45, 2.75) is 52.1 Å². The molecule has 2 nitrogen and oxygen atoms in total. The molecule has 0 amide bonds. The van der Waals surface area contributed by atoms with E-state index in [0.717, 1.165) is 12.0 Å². The number of rotatable bonds is 3. The molecule has 1 N–H and O–H groups in total. The molecule has 3 atom stereocenters. The second-order valence-electron chi connectivity index (χ2n) is 6.49. The molecule has 2 aliphatic rings. The summed E-state index contributed by atoms with van der Waals surface area (Å²) >= 11 is 0. The van der Waals surface area contributed by atoms with Crippen LogP contribution in [0.4, 0.5) is 0 Å². The molecule has 2 heteroatoms. The lowest BCUT2D eigenvalue weighted by Gasteiger charge is -2.37. The first-order valence-corrected chi connectivity index (χ1v) is 6.42. The molecule has 0 radical (unpaired) electrons. The molecule has 2 bridgehead atoms. The number of nitrogens with zero attached hydrogens (tertiary/aromatic N) is 1. The number of hydrogen-bond donors (Lipinski definition) is 1. The van der Waals surface area contributed by atoms with Crippen LogP contribution in [0.25, 0.3) is 0 Å². The predicted molar refractivity (Wildman–Crippen MR) is 65.0 cm³/mol. The standard InChI is InChI=1S/C13H26N2/c1-13(2,3)12(14-4)9-15-8-10-5-6-11(15)7-10/h10-12,14H,5-9H2,1-4H3. The molecular weight excluding hydrogens is 184 g/mol. The summed E-state index contributed by atoms with van der Waals surface area (Å²) in [5.41, 5.74) is 0.372. The van der Waals surface area contributed by atoms with Gasteiger partial charge in [-0.3, -0.25) is 4.90 Å². The molecule has 1 aliphatic carbocycles. The van der Waals surface area contributed by atoms with Crippen LogP contribution in [0.5, 0.6) is 0 Å². The number of fused-ring (bicyclic) bond motifs is 2. The molecule has 2 fully saturated rings. The third kappa shape index (κ3) is 2.36. The Morgan fingerprint density at radius 2 is 2.07 bits per heavy atom. The number of likely N-dealkylation sites (tertiary alicyclic amines) is 1. The van der Waals surface area contributed by atoms with Gasteiger partial charge in [0.15, 0.2) is 0 Å². The summed E-state index contributed by atoms with van der Waals surface area (Å²) in [4.78, 5) is 2.72. The van der Waals surface area contributed by atoms with Crippen molar-refractivity contribution in [3.05, 3.63) is 0 Å². The zero-order valence-electron chi connectivity index (χ0n) is 10.7. The van der Waals surface area contributed by atoms with Gasteiger partial charge in [0.2, 0.25) is 0 Å². The van der Waals surface area contributed by atoms with Gasteiger partial charge in [-0.05, 0) is 37.6 Å². The van der Waals surface area contributed by atoms with Crippen molar-refractivity contribution in [1.29, 1.82) is 0 Å². The Balaban J connectivity index is 1.90. The summed E-state index contributed by atoms with van der Waals surface area (Å²) < 4.78 is 0. The highest BCUT2D eigenvalue weighted by Gasteiger charge is 2.39. The largest absolute Gasteiger partial charge is 0.315 e. The van der Waals surface area contributed by atoms with E-state index in [1.165, 1.54) is 32.4 Å². The lowest BCUT2D eigenvalue weighted by Crippen LogP contribution is -2.49. The maximum atomic E-state index is 3.49. The lowest BCUT2D eigenvalue weighted by atomic mass is 9.86. The van der Waals surface area contributed by atoms with E-state index in [-0.39, 0.29) is 0 Å². The Hall–Kier alpha value is -0.0800. The van der Waals surface area contributed by atoms with Crippen LogP contribution < -0.4 is 5.32 Å². The van der Waals surface area contributed by atoms with Gasteiger partial charge in [-0.15, -0.1) is 0 Å². The van der Waals surface area contributed by atoms with Crippen molar-refractivity contribution in [1.82, 2.24) is 10.2 Å². The van der Waals surface area contributed by atoms with E-state index < -0.39 is 0 Å². The second-order valence-corrected chi connectivity index (χ2v) is 6.49. The van der Waals surface area contributed by atoms with Gasteiger partial charge >= 0.3 is 0 Å². The maximum absolute atomic E-state index is 3.49. The fourth-order valence-electron chi connectivity index (χ4n) is 3.28. The third-order valence-corrected chi connectivity index (χ3v) is 4.33. The van der Waals surface area contributed by atoms with E-state index >= 15 is 0 Å². The summed E-state index contributed by atoms with van der Waals surface area (Å²) in [6.45, 7) is 9.60. The molecule has 1 saturated carbocycles. The van der Waals surface area contributed by atoms with Crippen molar-refractivity contribution in [2.24, 2.45) is 11.3 Å². The molecule has 0 aromatic rings. The molecule has 3 unspecified atom stereocenters. The molecule has 0 spiro atoms. The molecule has 0 aromatic heterocycles. The van der Waals surface area contributed by atoms with Crippen molar-refractivity contribution in [3.63, 3.8) is 0 Å². The summed E-state index contributed by atoms with van der Waals surface area (Å²) in [7, 11) is 2.10. The van der Waals surface area contributed by atoms with Crippen molar-refractivity contribution >= 4 is 0 Å². The number of hydrogen-bond acceptors (Lipinski definition) is 2. The van der Waals surface area contributed by atoms with Crippen molar-refractivity contribution < 1.29 is 0 Å². The Bertz CT molecular complexity index is 219. The molecule has 1 aliphatic heterocycles. The van der Waals surface area contributed by atoms with Gasteiger partial charge in [-0.25, -0.2) is 0 Å². The van der Waals surface area contributed by atoms with Gasteiger partial charge in [-0.1, -0.05) is 20.8 Å². The highest BCUT2D eigenvalue weighted by Crippen LogP contribution is 2.38. The van der Waals surface area contributed by atoms with E-state index in [4.69, 9.17) is 0 Å². The first-order chi connectivity index (χ1) is 7.00. The maximum Gasteiger partial charge on any atom is 0.0240 e. The van der Waals surface area contributed by atoms with Gasteiger partial charge in [0.1, 0.15) is 0 Å². The minimum absolute atomic E-state index is 0.372. The van der Waals surface area contributed by atoms with Crippen LogP contribution in [0.3, 0.4) is 0 Å². The normalized spacial score (nSPS) is 33.6. The molecule has 88 valence electrons. The molecule has 2 rings (SSSR count). The van der Waals surface area contributed by atoms with Crippen LogP contribution in [0.2, 0.25) is 0 Å². The number of piperidine rings is 1. The van der Waals surface area contributed by atoms with E-state index in [2.05, 4.69) is 38.0 Å². The van der Waals surface area contributed by atoms with E-state index in [9.17, 15) is 0 Å². The minimum Gasteiger partial charge on any atom is -0.315 e. The van der Waals surface area contributed by atoms with Crippen molar-refractivity contribution in [2.75, 3.05) is 20.1 Å². The second kappa shape index (κ2) is 4.06. The van der Waals surface area contributed by atoms with Gasteiger partial charge in [-0.2, -0.15) is 0 Å². The van der Waals surface area contributed by atoms with Crippen LogP contribution in [-0.4, -0.2) is 37.1 Å². The monoisotopic (exact) mass is 210 g/mol. The van der Waals surface area contributed by atoms with Crippen LogP contribution >= 0.6 is 0 Å². The van der Waals surface area contributed by atoms with Crippen LogP contribution in [-0.2, 0) is 0 Å². The predicted octanol–water partition coefficient (Wildman–Crippen LogP) is 2.10. The minimum atomic E-state index is 0.372. The van der Waals surface area contributed by atoms with E-state index in [0.29, 0.717) is 11.5 Å². The molecular formula is C13H26N2. The highest BCUT2D eigenvalue weighted by molar-refractivity contribution is 4.95. The number of nitrogens with one attached hydrogen (secondary N) is 1. The first kappa shape index (κ1) is 11.4. The fourth-order valence-corrected chi connectivity index (χ4v) is 3.28. The van der Waals surface area contributed by atoms with Gasteiger partial charge in [0.25, 0.3) is 0 Å². The Morgan fingerprint density at radius 3 is 2.47 bits per heavy atom. The van der Waals surface area contributed by atoms with Crippen LogP contribution in [0, 0.1) is 11.3 Å². The molecule has 0 aromatic carbocycles. The van der Waals surface area contributed by atoms with Gasteiger partial charge < -0.3 is 5.32 Å². The average Bonchev–Trinajstić information content (AvgIpc) is 2.72. The van der Waals surface area contributed by atoms with E-state index in [1.54, 1.807) is 0 Å². The Kier molecular flexibility index (Phi) is 3.09.